The van der Waals surface area contributed by atoms with Gasteiger partial charge in [0.25, 0.3) is 10.1 Å². The zero-order chi connectivity index (χ0) is 19.5. The predicted molar refractivity (Wildman–Crippen MR) is 113 cm³/mol. The summed E-state index contributed by atoms with van der Waals surface area (Å²) in [5.74, 6) is 0.676. The third-order valence-corrected chi connectivity index (χ3v) is 5.64. The highest BCUT2D eigenvalue weighted by atomic mass is 32.2. The summed E-state index contributed by atoms with van der Waals surface area (Å²) in [6.07, 6.45) is 20.3. The molecule has 0 amide bonds. The average Bonchev–Trinajstić information content (AvgIpc) is 2.55. The smallest absolute Gasteiger partial charge is 0.266 e. The van der Waals surface area contributed by atoms with Crippen molar-refractivity contribution in [1.82, 2.24) is 5.32 Å². The molecule has 0 saturated carbocycles. The monoisotopic (exact) mass is 391 g/mol. The van der Waals surface area contributed by atoms with Crippen LogP contribution in [0.3, 0.4) is 0 Å². The molecule has 0 aromatic carbocycles. The van der Waals surface area contributed by atoms with Crippen LogP contribution in [0.5, 0.6) is 0 Å². The van der Waals surface area contributed by atoms with Gasteiger partial charge in [0.2, 0.25) is 0 Å². The number of nitrogens with one attached hydrogen (secondary N) is 1. The molecule has 0 radical (unpaired) electrons. The predicted octanol–water partition coefficient (Wildman–Crippen LogP) is 5.97. The molecule has 0 aliphatic rings. The van der Waals surface area contributed by atoms with Crippen molar-refractivity contribution in [2.75, 3.05) is 18.8 Å². The van der Waals surface area contributed by atoms with Gasteiger partial charge in [-0.25, -0.2) is 0 Å². The highest BCUT2D eigenvalue weighted by molar-refractivity contribution is 7.85. The van der Waals surface area contributed by atoms with E-state index >= 15 is 0 Å². The summed E-state index contributed by atoms with van der Waals surface area (Å²) in [7, 11) is -3.81. The Morgan fingerprint density at radius 3 is 1.42 bits per heavy atom. The minimum Gasteiger partial charge on any atom is -0.316 e. The maximum Gasteiger partial charge on any atom is 0.266 e. The highest BCUT2D eigenvalue weighted by Crippen LogP contribution is 2.14. The summed E-state index contributed by atoms with van der Waals surface area (Å²) in [6.45, 7) is 5.81. The summed E-state index contributed by atoms with van der Waals surface area (Å²) in [5, 5.41) is 3.05. The van der Waals surface area contributed by atoms with Crippen LogP contribution in [-0.2, 0) is 10.1 Å². The first-order valence-corrected chi connectivity index (χ1v) is 12.7. The first kappa shape index (κ1) is 25.9. The summed E-state index contributed by atoms with van der Waals surface area (Å²) in [6, 6.07) is 0. The Balaban J connectivity index is 3.05. The Morgan fingerprint density at radius 2 is 1.04 bits per heavy atom. The third-order valence-electron chi connectivity index (χ3n) is 4.92. The van der Waals surface area contributed by atoms with Gasteiger partial charge in [-0.2, -0.15) is 8.42 Å². The molecule has 0 rings (SSSR count). The van der Waals surface area contributed by atoms with Gasteiger partial charge in [0.15, 0.2) is 0 Å². The molecule has 0 fully saturated rings. The summed E-state index contributed by atoms with van der Waals surface area (Å²) >= 11 is 0. The zero-order valence-corrected chi connectivity index (χ0v) is 18.3. The van der Waals surface area contributed by atoms with Gasteiger partial charge in [0.05, 0.1) is 5.75 Å². The van der Waals surface area contributed by atoms with Gasteiger partial charge in [0, 0.05) is 6.54 Å². The van der Waals surface area contributed by atoms with Gasteiger partial charge in [0.1, 0.15) is 0 Å². The van der Waals surface area contributed by atoms with Gasteiger partial charge in [-0.15, -0.1) is 0 Å². The fraction of sp³-hybridized carbons (Fsp3) is 1.00. The quantitative estimate of drug-likeness (QED) is 0.198. The van der Waals surface area contributed by atoms with Crippen molar-refractivity contribution in [3.8, 4) is 0 Å². The Hall–Kier alpha value is -0.130. The van der Waals surface area contributed by atoms with E-state index in [1.807, 2.05) is 0 Å². The Morgan fingerprint density at radius 1 is 0.654 bits per heavy atom. The number of rotatable bonds is 20. The standard InChI is InChI=1S/C21H45NO3S/c1-21(2)17-15-13-11-9-7-5-3-4-6-8-10-12-14-16-18-22-19-20-26(23,24)25/h21-22H,3-20H2,1-2H3,(H,23,24,25). The van der Waals surface area contributed by atoms with Crippen molar-refractivity contribution in [3.63, 3.8) is 0 Å². The minimum atomic E-state index is -3.81. The van der Waals surface area contributed by atoms with Crippen LogP contribution >= 0.6 is 0 Å². The van der Waals surface area contributed by atoms with E-state index in [0.717, 1.165) is 18.9 Å². The lowest BCUT2D eigenvalue weighted by molar-refractivity contribution is 0.479. The largest absolute Gasteiger partial charge is 0.316 e. The van der Waals surface area contributed by atoms with Gasteiger partial charge >= 0.3 is 0 Å². The molecule has 2 N–H and O–H groups in total. The third kappa shape index (κ3) is 23.9. The average molecular weight is 392 g/mol. The van der Waals surface area contributed by atoms with E-state index in [4.69, 9.17) is 4.55 Å². The maximum absolute atomic E-state index is 10.5. The summed E-state index contributed by atoms with van der Waals surface area (Å²) in [5.41, 5.74) is 0. The fourth-order valence-electron chi connectivity index (χ4n) is 3.25. The Kier molecular flexibility index (Phi) is 18.2. The molecule has 5 heteroatoms. The van der Waals surface area contributed by atoms with Crippen molar-refractivity contribution in [1.29, 1.82) is 0 Å². The molecular formula is C21H45NO3S. The second kappa shape index (κ2) is 18.2. The second-order valence-corrected chi connectivity index (χ2v) is 9.74. The molecule has 0 aliphatic carbocycles. The summed E-state index contributed by atoms with van der Waals surface area (Å²) < 4.78 is 29.7. The number of unbranched alkanes of at least 4 members (excludes halogenated alkanes) is 13. The molecular weight excluding hydrogens is 346 g/mol. The molecule has 0 unspecified atom stereocenters. The van der Waals surface area contributed by atoms with E-state index in [1.54, 1.807) is 0 Å². The topological polar surface area (TPSA) is 66.4 Å². The van der Waals surface area contributed by atoms with Crippen LogP contribution < -0.4 is 5.32 Å². The van der Waals surface area contributed by atoms with E-state index < -0.39 is 10.1 Å². The van der Waals surface area contributed by atoms with E-state index in [1.165, 1.54) is 89.9 Å². The maximum atomic E-state index is 10.5. The summed E-state index contributed by atoms with van der Waals surface area (Å²) in [4.78, 5) is 0. The van der Waals surface area contributed by atoms with Crippen LogP contribution in [0, 0.1) is 5.92 Å². The van der Waals surface area contributed by atoms with Crippen molar-refractivity contribution in [3.05, 3.63) is 0 Å². The van der Waals surface area contributed by atoms with E-state index in [2.05, 4.69) is 19.2 Å². The van der Waals surface area contributed by atoms with Gasteiger partial charge in [-0.3, -0.25) is 4.55 Å². The SMILES string of the molecule is CC(C)CCCCCCCCCCCCCCCCNCCS(=O)(=O)O. The lowest BCUT2D eigenvalue weighted by Crippen LogP contribution is -2.23. The molecule has 4 nitrogen and oxygen atoms in total. The van der Waals surface area contributed by atoms with E-state index in [9.17, 15) is 8.42 Å². The molecule has 26 heavy (non-hydrogen) atoms. The first-order valence-electron chi connectivity index (χ1n) is 11.1. The molecule has 0 aromatic rings. The molecule has 0 heterocycles. The zero-order valence-electron chi connectivity index (χ0n) is 17.5. The lowest BCUT2D eigenvalue weighted by Gasteiger charge is -2.05. The molecule has 158 valence electrons. The number of hydrogen-bond donors (Lipinski definition) is 2. The van der Waals surface area contributed by atoms with Crippen LogP contribution in [-0.4, -0.2) is 31.8 Å². The van der Waals surface area contributed by atoms with Gasteiger partial charge in [-0.1, -0.05) is 104 Å². The highest BCUT2D eigenvalue weighted by Gasteiger charge is 2.02. The normalized spacial score (nSPS) is 12.2. The molecule has 0 aliphatic heterocycles. The van der Waals surface area contributed by atoms with Crippen molar-refractivity contribution < 1.29 is 13.0 Å². The molecule has 0 bridgehead atoms. The van der Waals surface area contributed by atoms with Gasteiger partial charge < -0.3 is 5.32 Å². The minimum absolute atomic E-state index is 0.189. The lowest BCUT2D eigenvalue weighted by atomic mass is 10.0. The molecule has 0 saturated heterocycles. The van der Waals surface area contributed by atoms with E-state index in [-0.39, 0.29) is 5.75 Å². The van der Waals surface area contributed by atoms with Crippen LogP contribution in [0.15, 0.2) is 0 Å². The Labute approximate surface area is 163 Å². The first-order chi connectivity index (χ1) is 12.4. The van der Waals surface area contributed by atoms with Crippen LogP contribution in [0.1, 0.15) is 110 Å². The van der Waals surface area contributed by atoms with Crippen LogP contribution in [0.2, 0.25) is 0 Å². The van der Waals surface area contributed by atoms with Crippen molar-refractivity contribution >= 4 is 10.1 Å². The van der Waals surface area contributed by atoms with E-state index in [0.29, 0.717) is 6.54 Å². The van der Waals surface area contributed by atoms with Gasteiger partial charge in [-0.05, 0) is 18.9 Å². The van der Waals surface area contributed by atoms with Crippen LogP contribution in [0.4, 0.5) is 0 Å². The molecule has 0 aromatic heterocycles. The van der Waals surface area contributed by atoms with Crippen molar-refractivity contribution in [2.24, 2.45) is 5.92 Å². The molecule has 0 spiro atoms. The van der Waals surface area contributed by atoms with Crippen LogP contribution in [0.25, 0.3) is 0 Å². The fourth-order valence-corrected chi connectivity index (χ4v) is 3.65. The Bertz CT molecular complexity index is 383. The second-order valence-electron chi connectivity index (χ2n) is 8.17. The van der Waals surface area contributed by atoms with Crippen molar-refractivity contribution in [2.45, 2.75) is 110 Å². The molecule has 0 atom stereocenters. The number of hydrogen-bond acceptors (Lipinski definition) is 3.